The van der Waals surface area contributed by atoms with Gasteiger partial charge in [0, 0.05) is 53.7 Å². The van der Waals surface area contributed by atoms with Crippen molar-refractivity contribution >= 4 is 11.6 Å². The molecule has 1 aliphatic heterocycles. The minimum absolute atomic E-state index is 0.0112. The van der Waals surface area contributed by atoms with E-state index >= 15 is 0 Å². The minimum Gasteiger partial charge on any atom is -0.490 e. The molecule has 1 aromatic carbocycles. The minimum atomic E-state index is -4.50. The van der Waals surface area contributed by atoms with Gasteiger partial charge in [-0.05, 0) is 67.3 Å². The third kappa shape index (κ3) is 5.20. The molecule has 1 aromatic heterocycles. The number of nitrogens with one attached hydrogen (secondary N) is 3. The molecule has 5 rings (SSSR count). The lowest BCUT2D eigenvalue weighted by Crippen LogP contribution is -2.31. The van der Waals surface area contributed by atoms with Gasteiger partial charge < -0.3 is 20.8 Å². The molecule has 2 aliphatic carbocycles. The van der Waals surface area contributed by atoms with E-state index in [4.69, 9.17) is 15.1 Å². The van der Waals surface area contributed by atoms with Crippen LogP contribution >= 0.6 is 0 Å². The highest BCUT2D eigenvalue weighted by atomic mass is 19.4. The Morgan fingerprint density at radius 2 is 1.97 bits per heavy atom. The monoisotopic (exact) mass is 526 g/mol. The van der Waals surface area contributed by atoms with Crippen LogP contribution in [0.15, 0.2) is 65.9 Å². The summed E-state index contributed by atoms with van der Waals surface area (Å²) in [6.45, 7) is -0.357. The Bertz CT molecular complexity index is 1360. The van der Waals surface area contributed by atoms with Gasteiger partial charge in [-0.15, -0.1) is 0 Å². The van der Waals surface area contributed by atoms with Crippen molar-refractivity contribution in [2.75, 3.05) is 20.2 Å². The lowest BCUT2D eigenvalue weighted by atomic mass is 9.92. The zero-order valence-corrected chi connectivity index (χ0v) is 20.5. The molecule has 2 atom stereocenters. The fourth-order valence-corrected chi connectivity index (χ4v) is 4.80. The van der Waals surface area contributed by atoms with E-state index in [1.807, 2.05) is 0 Å². The van der Waals surface area contributed by atoms with E-state index in [2.05, 4.69) is 10.6 Å². The number of hydrogen-bond donors (Lipinski definition) is 3. The summed E-state index contributed by atoms with van der Waals surface area (Å²) in [6, 6.07) is 6.85. The van der Waals surface area contributed by atoms with Crippen molar-refractivity contribution in [2.45, 2.75) is 30.9 Å². The second-order valence-corrected chi connectivity index (χ2v) is 9.62. The van der Waals surface area contributed by atoms with Crippen LogP contribution in [0.5, 0.6) is 5.75 Å². The average molecular weight is 527 g/mol. The molecule has 1 fully saturated rings. The molecule has 2 heterocycles. The van der Waals surface area contributed by atoms with Gasteiger partial charge in [-0.25, -0.2) is 9.37 Å². The molecule has 0 saturated heterocycles. The number of allylic oxidation sites excluding steroid dienone is 3. The summed E-state index contributed by atoms with van der Waals surface area (Å²) in [6.07, 6.45) is 3.56. The first kappa shape index (κ1) is 25.7. The predicted molar refractivity (Wildman–Crippen MR) is 134 cm³/mol. The van der Waals surface area contributed by atoms with Crippen molar-refractivity contribution in [1.82, 2.24) is 15.6 Å². The number of alkyl halides is 3. The summed E-state index contributed by atoms with van der Waals surface area (Å²) < 4.78 is 60.6. The van der Waals surface area contributed by atoms with Gasteiger partial charge in [0.05, 0.1) is 5.71 Å². The van der Waals surface area contributed by atoms with Gasteiger partial charge in [0.15, 0.2) is 0 Å². The highest BCUT2D eigenvalue weighted by Crippen LogP contribution is 2.50. The number of amides is 1. The Labute approximate surface area is 217 Å². The van der Waals surface area contributed by atoms with Crippen molar-refractivity contribution in [2.24, 2.45) is 5.92 Å². The van der Waals surface area contributed by atoms with Crippen LogP contribution < -0.4 is 15.4 Å². The van der Waals surface area contributed by atoms with Crippen LogP contribution in [0.25, 0.3) is 11.3 Å². The maximum atomic E-state index is 13.9. The number of aromatic nitrogens is 1. The van der Waals surface area contributed by atoms with Crippen LogP contribution in [0, 0.1) is 17.1 Å². The fourth-order valence-electron chi connectivity index (χ4n) is 4.80. The van der Waals surface area contributed by atoms with Gasteiger partial charge in [0.1, 0.15) is 29.8 Å². The number of carbonyl (C=O) groups is 1. The van der Waals surface area contributed by atoms with Gasteiger partial charge in [-0.3, -0.25) is 4.79 Å². The standard InChI is InChI=1S/C28H26F4N4O2/c1-34-12-18-10-17(6-9-23(18)33)27(37)35-13-21(15-2-3-15)24-11-20-22(28(30,31)32)14-38-26(20)25(36-24)16-4-7-19(29)8-5-16/h4-12,15,21-22,33-34H,2-3,13-14H2,1H3,(H,35,37)/b18-12-,33-23?/t21-,22+/m0/s1. The molecule has 1 saturated carbocycles. The van der Waals surface area contributed by atoms with E-state index < -0.39 is 24.5 Å². The van der Waals surface area contributed by atoms with E-state index in [9.17, 15) is 22.4 Å². The average Bonchev–Trinajstić information content (AvgIpc) is 3.62. The molecule has 1 amide bonds. The zero-order valence-electron chi connectivity index (χ0n) is 20.5. The van der Waals surface area contributed by atoms with Crippen LogP contribution in [0.4, 0.5) is 17.6 Å². The molecule has 2 aromatic rings. The number of pyridine rings is 1. The largest absolute Gasteiger partial charge is 0.490 e. The Morgan fingerprint density at radius 1 is 1.24 bits per heavy atom. The fraction of sp³-hybridized carbons (Fsp3) is 0.321. The molecule has 3 aliphatic rings. The van der Waals surface area contributed by atoms with Crippen LogP contribution in [0.1, 0.15) is 35.9 Å². The highest BCUT2D eigenvalue weighted by molar-refractivity contribution is 6.13. The van der Waals surface area contributed by atoms with Crippen LogP contribution in [0.3, 0.4) is 0 Å². The van der Waals surface area contributed by atoms with Crippen molar-refractivity contribution in [3.05, 3.63) is 83.0 Å². The number of halogens is 4. The Kier molecular flexibility index (Phi) is 6.81. The van der Waals surface area contributed by atoms with Crippen molar-refractivity contribution in [1.29, 1.82) is 5.41 Å². The van der Waals surface area contributed by atoms with Crippen LogP contribution in [-0.2, 0) is 4.79 Å². The molecular weight excluding hydrogens is 500 g/mol. The summed E-state index contributed by atoms with van der Waals surface area (Å²) in [5.41, 5.74) is 2.34. The molecule has 3 N–H and O–H groups in total. The van der Waals surface area contributed by atoms with E-state index in [-0.39, 0.29) is 47.0 Å². The zero-order chi connectivity index (χ0) is 27.0. The number of fused-ring (bicyclic) bond motifs is 1. The first-order valence-corrected chi connectivity index (χ1v) is 12.3. The third-order valence-electron chi connectivity index (χ3n) is 6.97. The van der Waals surface area contributed by atoms with Gasteiger partial charge in [-0.2, -0.15) is 13.2 Å². The summed E-state index contributed by atoms with van der Waals surface area (Å²) in [5, 5.41) is 13.7. The molecule has 0 spiro atoms. The second-order valence-electron chi connectivity index (χ2n) is 9.62. The second kappa shape index (κ2) is 10.1. The number of benzene rings is 1. The molecule has 6 nitrogen and oxygen atoms in total. The molecule has 0 unspecified atom stereocenters. The van der Waals surface area contributed by atoms with Gasteiger partial charge >= 0.3 is 6.18 Å². The van der Waals surface area contributed by atoms with Crippen LogP contribution in [0.2, 0.25) is 0 Å². The van der Waals surface area contributed by atoms with E-state index in [1.54, 1.807) is 25.4 Å². The number of rotatable bonds is 7. The molecule has 0 bridgehead atoms. The van der Waals surface area contributed by atoms with Crippen molar-refractivity contribution in [3.8, 4) is 17.0 Å². The predicted octanol–water partition coefficient (Wildman–Crippen LogP) is 5.16. The van der Waals surface area contributed by atoms with Crippen molar-refractivity contribution in [3.63, 3.8) is 0 Å². The number of hydrogen-bond acceptors (Lipinski definition) is 5. The number of carbonyl (C=O) groups excluding carboxylic acids is 1. The SMILES string of the molecule is CN/C=C1/C=C(C(=O)NC[C@H](c2cc3c(c(-c4ccc(F)cc4)n2)OC[C@H]3C(F)(F)F)C2CC2)C=CC1=N. The lowest BCUT2D eigenvalue weighted by molar-refractivity contribution is -0.151. The molecular formula is C28H26F4N4O2. The third-order valence-corrected chi connectivity index (χ3v) is 6.97. The summed E-state index contributed by atoms with van der Waals surface area (Å²) in [4.78, 5) is 17.7. The lowest BCUT2D eigenvalue weighted by Gasteiger charge is -2.21. The summed E-state index contributed by atoms with van der Waals surface area (Å²) in [5.74, 6) is -2.70. The summed E-state index contributed by atoms with van der Waals surface area (Å²) >= 11 is 0. The topological polar surface area (TPSA) is 87.1 Å². The molecule has 0 radical (unpaired) electrons. The first-order valence-electron chi connectivity index (χ1n) is 12.3. The maximum Gasteiger partial charge on any atom is 0.399 e. The van der Waals surface area contributed by atoms with Gasteiger partial charge in [0.2, 0.25) is 0 Å². The molecule has 198 valence electrons. The Balaban J connectivity index is 1.47. The van der Waals surface area contributed by atoms with E-state index in [0.29, 0.717) is 22.4 Å². The highest BCUT2D eigenvalue weighted by Gasteiger charge is 2.47. The maximum absolute atomic E-state index is 13.9. The molecule has 10 heteroatoms. The number of ether oxygens (including phenoxy) is 1. The smallest absolute Gasteiger partial charge is 0.399 e. The summed E-state index contributed by atoms with van der Waals surface area (Å²) in [7, 11) is 1.70. The Morgan fingerprint density at radius 3 is 2.63 bits per heavy atom. The first-order chi connectivity index (χ1) is 18.2. The van der Waals surface area contributed by atoms with Gasteiger partial charge in [-0.1, -0.05) is 0 Å². The van der Waals surface area contributed by atoms with E-state index in [1.165, 1.54) is 36.4 Å². The normalized spacial score (nSPS) is 20.6. The van der Waals surface area contributed by atoms with Crippen LogP contribution in [-0.4, -0.2) is 43.0 Å². The quantitative estimate of drug-likeness (QED) is 0.436. The Hall–Kier alpha value is -3.95. The van der Waals surface area contributed by atoms with E-state index in [0.717, 1.165) is 12.8 Å². The molecule has 38 heavy (non-hydrogen) atoms. The van der Waals surface area contributed by atoms with Crippen molar-refractivity contribution < 1.29 is 27.1 Å². The van der Waals surface area contributed by atoms with Gasteiger partial charge in [0.25, 0.3) is 5.91 Å². The number of nitrogens with zero attached hydrogens (tertiary/aromatic N) is 1.